The van der Waals surface area contributed by atoms with Gasteiger partial charge in [0.15, 0.2) is 5.13 Å². The molecule has 0 spiro atoms. The number of hydrogen-bond donors (Lipinski definition) is 1. The lowest BCUT2D eigenvalue weighted by Crippen LogP contribution is -2.35. The molecule has 0 radical (unpaired) electrons. The van der Waals surface area contributed by atoms with Crippen molar-refractivity contribution < 1.29 is 0 Å². The normalized spacial score (nSPS) is 17.7. The van der Waals surface area contributed by atoms with Crippen molar-refractivity contribution in [2.75, 3.05) is 31.5 Å². The molecule has 1 aliphatic heterocycles. The summed E-state index contributed by atoms with van der Waals surface area (Å²) in [6, 6.07) is 5.87. The molecule has 0 saturated carbocycles. The van der Waals surface area contributed by atoms with Gasteiger partial charge in [-0.05, 0) is 56.6 Å². The van der Waals surface area contributed by atoms with Crippen LogP contribution in [-0.4, -0.2) is 36.1 Å². The number of benzene rings is 1. The van der Waals surface area contributed by atoms with E-state index in [0.717, 1.165) is 32.8 Å². The van der Waals surface area contributed by atoms with E-state index in [9.17, 15) is 0 Å². The minimum Gasteiger partial charge on any atom is -0.361 e. The molecule has 0 aliphatic carbocycles. The van der Waals surface area contributed by atoms with E-state index < -0.39 is 0 Å². The predicted molar refractivity (Wildman–Crippen MR) is 88.0 cm³/mol. The van der Waals surface area contributed by atoms with Crippen molar-refractivity contribution in [3.63, 3.8) is 0 Å². The Bertz CT molecular complexity index is 576. The van der Waals surface area contributed by atoms with E-state index in [1.54, 1.807) is 11.3 Å². The van der Waals surface area contributed by atoms with Crippen molar-refractivity contribution in [2.45, 2.75) is 19.8 Å². The van der Waals surface area contributed by atoms with Crippen LogP contribution in [0.3, 0.4) is 0 Å². The summed E-state index contributed by atoms with van der Waals surface area (Å²) in [5, 5.41) is 5.29. The molecule has 1 N–H and O–H groups in total. The molecular weight excluding hydrogens is 290 g/mol. The van der Waals surface area contributed by atoms with Crippen LogP contribution in [-0.2, 0) is 0 Å². The van der Waals surface area contributed by atoms with Crippen LogP contribution in [0.1, 0.15) is 19.8 Å². The van der Waals surface area contributed by atoms with Crippen LogP contribution in [0, 0.1) is 5.92 Å². The van der Waals surface area contributed by atoms with Crippen LogP contribution in [0.5, 0.6) is 0 Å². The average Bonchev–Trinajstić information content (AvgIpc) is 2.87. The second-order valence-electron chi connectivity index (χ2n) is 5.39. The zero-order valence-corrected chi connectivity index (χ0v) is 13.3. The van der Waals surface area contributed by atoms with E-state index in [2.05, 4.69) is 22.1 Å². The van der Waals surface area contributed by atoms with Crippen LogP contribution < -0.4 is 5.32 Å². The number of piperidine rings is 1. The van der Waals surface area contributed by atoms with Crippen molar-refractivity contribution in [2.24, 2.45) is 5.92 Å². The second-order valence-corrected chi connectivity index (χ2v) is 6.86. The van der Waals surface area contributed by atoms with Gasteiger partial charge in [-0.2, -0.15) is 0 Å². The van der Waals surface area contributed by atoms with Gasteiger partial charge in [0.05, 0.1) is 10.2 Å². The van der Waals surface area contributed by atoms with Crippen molar-refractivity contribution in [1.29, 1.82) is 0 Å². The molecular formula is C15H20ClN3S. The van der Waals surface area contributed by atoms with Gasteiger partial charge in [0.1, 0.15) is 0 Å². The van der Waals surface area contributed by atoms with Gasteiger partial charge in [0, 0.05) is 11.6 Å². The van der Waals surface area contributed by atoms with Gasteiger partial charge in [-0.25, -0.2) is 4.98 Å². The highest BCUT2D eigenvalue weighted by molar-refractivity contribution is 7.22. The van der Waals surface area contributed by atoms with Gasteiger partial charge in [0.25, 0.3) is 0 Å². The van der Waals surface area contributed by atoms with Gasteiger partial charge in [-0.1, -0.05) is 29.9 Å². The van der Waals surface area contributed by atoms with Crippen LogP contribution >= 0.6 is 22.9 Å². The van der Waals surface area contributed by atoms with E-state index in [4.69, 9.17) is 11.6 Å². The Morgan fingerprint density at radius 2 is 2.20 bits per heavy atom. The number of nitrogens with one attached hydrogen (secondary N) is 1. The smallest absolute Gasteiger partial charge is 0.183 e. The molecule has 20 heavy (non-hydrogen) atoms. The number of anilines is 1. The largest absolute Gasteiger partial charge is 0.361 e. The summed E-state index contributed by atoms with van der Waals surface area (Å²) in [5.41, 5.74) is 1.03. The monoisotopic (exact) mass is 309 g/mol. The Balaban J connectivity index is 1.57. The lowest BCUT2D eigenvalue weighted by atomic mass is 9.97. The Morgan fingerprint density at radius 3 is 2.95 bits per heavy atom. The molecule has 1 saturated heterocycles. The van der Waals surface area contributed by atoms with E-state index >= 15 is 0 Å². The summed E-state index contributed by atoms with van der Waals surface area (Å²) >= 11 is 7.70. The Hall–Kier alpha value is -0.840. The van der Waals surface area contributed by atoms with E-state index in [1.807, 2.05) is 18.2 Å². The summed E-state index contributed by atoms with van der Waals surface area (Å²) in [7, 11) is 0. The minimum atomic E-state index is 0.772. The molecule has 0 bridgehead atoms. The molecule has 3 nitrogen and oxygen atoms in total. The summed E-state index contributed by atoms with van der Waals surface area (Å²) in [4.78, 5) is 7.13. The predicted octanol–water partition coefficient (Wildman–Crippen LogP) is 4.09. The fourth-order valence-corrected chi connectivity index (χ4v) is 3.86. The molecule has 0 atom stereocenters. The molecule has 0 amide bonds. The summed E-state index contributed by atoms with van der Waals surface area (Å²) < 4.78 is 1.15. The molecule has 108 valence electrons. The maximum absolute atomic E-state index is 6.01. The molecule has 2 aromatic rings. The summed E-state index contributed by atoms with van der Waals surface area (Å²) in [6.45, 7) is 6.92. The van der Waals surface area contributed by atoms with Crippen molar-refractivity contribution in [1.82, 2.24) is 9.88 Å². The summed E-state index contributed by atoms with van der Waals surface area (Å²) in [6.07, 6.45) is 2.58. The Labute approximate surface area is 128 Å². The van der Waals surface area contributed by atoms with E-state index in [1.165, 1.54) is 32.5 Å². The molecule has 3 rings (SSSR count). The first-order valence-corrected chi connectivity index (χ1v) is 8.46. The van der Waals surface area contributed by atoms with Gasteiger partial charge >= 0.3 is 0 Å². The van der Waals surface area contributed by atoms with Crippen LogP contribution in [0.2, 0.25) is 5.02 Å². The highest BCUT2D eigenvalue weighted by atomic mass is 35.5. The third-order valence-electron chi connectivity index (χ3n) is 4.05. The summed E-state index contributed by atoms with van der Waals surface area (Å²) in [5.74, 6) is 0.772. The number of hydrogen-bond acceptors (Lipinski definition) is 4. The average molecular weight is 310 g/mol. The van der Waals surface area contributed by atoms with Gasteiger partial charge < -0.3 is 10.2 Å². The second kappa shape index (κ2) is 6.29. The van der Waals surface area contributed by atoms with Crippen LogP contribution in [0.25, 0.3) is 10.2 Å². The Morgan fingerprint density at radius 1 is 1.40 bits per heavy atom. The molecule has 1 aliphatic rings. The molecule has 2 heterocycles. The van der Waals surface area contributed by atoms with Crippen molar-refractivity contribution in [3.05, 3.63) is 23.2 Å². The number of nitrogens with zero attached hydrogens (tertiary/aromatic N) is 2. The molecule has 1 aromatic heterocycles. The zero-order chi connectivity index (χ0) is 13.9. The molecule has 1 aromatic carbocycles. The maximum atomic E-state index is 6.01. The van der Waals surface area contributed by atoms with Gasteiger partial charge in [0.2, 0.25) is 0 Å². The number of aromatic nitrogens is 1. The first-order chi connectivity index (χ1) is 9.74. The standard InChI is InChI=1S/C15H20ClN3S/c1-2-19-7-5-11(6-8-19)10-17-15-18-13-4-3-12(16)9-14(13)20-15/h3-4,9,11H,2,5-8,10H2,1H3,(H,17,18). The molecule has 5 heteroatoms. The van der Waals surface area contributed by atoms with E-state index in [0.29, 0.717) is 0 Å². The fraction of sp³-hybridized carbons (Fsp3) is 0.533. The highest BCUT2D eigenvalue weighted by Crippen LogP contribution is 2.28. The van der Waals surface area contributed by atoms with E-state index in [-0.39, 0.29) is 0 Å². The van der Waals surface area contributed by atoms with Crippen LogP contribution in [0.15, 0.2) is 18.2 Å². The molecule has 1 fully saturated rings. The highest BCUT2D eigenvalue weighted by Gasteiger charge is 2.18. The lowest BCUT2D eigenvalue weighted by molar-refractivity contribution is 0.198. The SMILES string of the molecule is CCN1CCC(CNc2nc3ccc(Cl)cc3s2)CC1. The number of fused-ring (bicyclic) bond motifs is 1. The first-order valence-electron chi connectivity index (χ1n) is 7.27. The van der Waals surface area contributed by atoms with Crippen molar-refractivity contribution >= 4 is 38.3 Å². The lowest BCUT2D eigenvalue weighted by Gasteiger charge is -2.30. The minimum absolute atomic E-state index is 0.772. The zero-order valence-electron chi connectivity index (χ0n) is 11.7. The number of rotatable bonds is 4. The number of likely N-dealkylation sites (tertiary alicyclic amines) is 1. The number of thiazole rings is 1. The fourth-order valence-electron chi connectivity index (χ4n) is 2.71. The van der Waals surface area contributed by atoms with Crippen molar-refractivity contribution in [3.8, 4) is 0 Å². The van der Waals surface area contributed by atoms with Crippen LogP contribution in [0.4, 0.5) is 5.13 Å². The third-order valence-corrected chi connectivity index (χ3v) is 5.26. The molecule has 0 unspecified atom stereocenters. The topological polar surface area (TPSA) is 28.2 Å². The quantitative estimate of drug-likeness (QED) is 0.922. The Kier molecular flexibility index (Phi) is 4.44. The first kappa shape index (κ1) is 14.1. The van der Waals surface area contributed by atoms with Gasteiger partial charge in [-0.15, -0.1) is 0 Å². The number of halogens is 1. The van der Waals surface area contributed by atoms with Gasteiger partial charge in [-0.3, -0.25) is 0 Å². The third kappa shape index (κ3) is 3.25. The maximum Gasteiger partial charge on any atom is 0.183 e.